The summed E-state index contributed by atoms with van der Waals surface area (Å²) in [4.78, 5) is 23.7. The van der Waals surface area contributed by atoms with Gasteiger partial charge in [0, 0.05) is 37.4 Å². The molecule has 1 amide bonds. The van der Waals surface area contributed by atoms with E-state index in [4.69, 9.17) is 4.74 Å². The Bertz CT molecular complexity index is 828. The van der Waals surface area contributed by atoms with Crippen molar-refractivity contribution >= 4 is 17.2 Å². The number of carbonyl (C=O) groups excluding carboxylic acids is 1. The summed E-state index contributed by atoms with van der Waals surface area (Å²) in [6, 6.07) is 6.07. The molecule has 2 aromatic heterocycles. The maximum Gasteiger partial charge on any atom is 0.264 e. The number of carbonyl (C=O) groups is 1. The Balaban J connectivity index is 1.57. The first kappa shape index (κ1) is 19.6. The molecule has 4 rings (SSSR count). The zero-order valence-electron chi connectivity index (χ0n) is 17.0. The van der Waals surface area contributed by atoms with Crippen LogP contribution >= 0.6 is 11.3 Å². The van der Waals surface area contributed by atoms with Gasteiger partial charge in [0.15, 0.2) is 0 Å². The molecule has 150 valence electrons. The van der Waals surface area contributed by atoms with Crippen LogP contribution < -0.4 is 0 Å². The molecule has 2 aromatic rings. The van der Waals surface area contributed by atoms with Crippen LogP contribution in [0.3, 0.4) is 0 Å². The number of thiophene rings is 1. The minimum absolute atomic E-state index is 0.00707. The number of hydrogen-bond donors (Lipinski definition) is 0. The van der Waals surface area contributed by atoms with Crippen LogP contribution in [0, 0.1) is 0 Å². The lowest BCUT2D eigenvalue weighted by Crippen LogP contribution is -2.45. The highest BCUT2D eigenvalue weighted by Crippen LogP contribution is 2.45. The number of fused-ring (bicyclic) bond motifs is 2. The van der Waals surface area contributed by atoms with Crippen molar-refractivity contribution in [3.63, 3.8) is 0 Å². The van der Waals surface area contributed by atoms with E-state index in [1.54, 1.807) is 23.7 Å². The first-order valence-electron chi connectivity index (χ1n) is 10.2. The number of aromatic nitrogens is 1. The number of ether oxygens (including phenoxy) is 1. The summed E-state index contributed by atoms with van der Waals surface area (Å²) < 4.78 is 6.35. The van der Waals surface area contributed by atoms with Crippen LogP contribution in [0.4, 0.5) is 0 Å². The molecule has 1 saturated heterocycles. The van der Waals surface area contributed by atoms with E-state index in [-0.39, 0.29) is 17.6 Å². The second-order valence-electron chi connectivity index (χ2n) is 7.86. The maximum atomic E-state index is 13.2. The van der Waals surface area contributed by atoms with Gasteiger partial charge in [-0.25, -0.2) is 0 Å². The summed E-state index contributed by atoms with van der Waals surface area (Å²) in [5.74, 6) is 0.0878. The predicted octanol–water partition coefficient (Wildman–Crippen LogP) is 3.86. The second kappa shape index (κ2) is 7.93. The minimum Gasteiger partial charge on any atom is -0.369 e. The average Bonchev–Trinajstić information content (AvgIpc) is 3.19. The number of rotatable bonds is 4. The van der Waals surface area contributed by atoms with E-state index in [0.29, 0.717) is 0 Å². The van der Waals surface area contributed by atoms with Crippen molar-refractivity contribution in [3.05, 3.63) is 51.5 Å². The van der Waals surface area contributed by atoms with Gasteiger partial charge in [0.25, 0.3) is 5.91 Å². The van der Waals surface area contributed by atoms with E-state index in [1.165, 1.54) is 10.4 Å². The first-order valence-corrected chi connectivity index (χ1v) is 11.0. The molecule has 0 aliphatic carbocycles. The van der Waals surface area contributed by atoms with Crippen LogP contribution in [0.15, 0.2) is 30.6 Å². The van der Waals surface area contributed by atoms with E-state index in [0.717, 1.165) is 55.9 Å². The fourth-order valence-corrected chi connectivity index (χ4v) is 5.74. The fraction of sp³-hybridized carbons (Fsp3) is 0.545. The highest BCUT2D eigenvalue weighted by atomic mass is 32.1. The van der Waals surface area contributed by atoms with E-state index >= 15 is 0 Å². The lowest BCUT2D eigenvalue weighted by atomic mass is 9.85. The zero-order valence-corrected chi connectivity index (χ0v) is 17.8. The van der Waals surface area contributed by atoms with Gasteiger partial charge in [-0.05, 0) is 62.1 Å². The van der Waals surface area contributed by atoms with Gasteiger partial charge in [0.2, 0.25) is 0 Å². The summed E-state index contributed by atoms with van der Waals surface area (Å²) in [6.07, 6.45) is 6.49. The minimum atomic E-state index is -0.183. The van der Waals surface area contributed by atoms with Gasteiger partial charge in [-0.3, -0.25) is 9.78 Å². The van der Waals surface area contributed by atoms with Crippen molar-refractivity contribution in [2.45, 2.75) is 44.8 Å². The van der Waals surface area contributed by atoms with Crippen LogP contribution in [-0.2, 0) is 16.8 Å². The zero-order chi connectivity index (χ0) is 19.7. The number of pyridine rings is 1. The molecule has 2 aliphatic rings. The highest BCUT2D eigenvalue weighted by molar-refractivity contribution is 7.14. The normalized spacial score (nSPS) is 20.0. The summed E-state index contributed by atoms with van der Waals surface area (Å²) >= 11 is 1.65. The molecular weight excluding hydrogens is 370 g/mol. The van der Waals surface area contributed by atoms with Gasteiger partial charge in [-0.1, -0.05) is 6.92 Å². The van der Waals surface area contributed by atoms with Crippen molar-refractivity contribution < 1.29 is 9.53 Å². The Morgan fingerprint density at radius 3 is 2.75 bits per heavy atom. The number of likely N-dealkylation sites (tertiary alicyclic amines) is 1. The molecular formula is C22H29N3O2S. The van der Waals surface area contributed by atoms with Crippen LogP contribution in [0.25, 0.3) is 0 Å². The van der Waals surface area contributed by atoms with Gasteiger partial charge in [-0.2, -0.15) is 0 Å². The SMILES string of the molecule is CCN1CCC2(CC1)OCCc1cc(C(=O)N(C)C(C)c3ccncc3)sc12. The fourth-order valence-electron chi connectivity index (χ4n) is 4.34. The third kappa shape index (κ3) is 3.49. The molecule has 6 heteroatoms. The summed E-state index contributed by atoms with van der Waals surface area (Å²) in [7, 11) is 1.89. The Morgan fingerprint density at radius 2 is 2.07 bits per heavy atom. The van der Waals surface area contributed by atoms with Gasteiger partial charge in [0.1, 0.15) is 5.60 Å². The van der Waals surface area contributed by atoms with Crippen LogP contribution in [0.1, 0.15) is 58.4 Å². The molecule has 0 N–H and O–H groups in total. The Labute approximate surface area is 171 Å². The second-order valence-corrected chi connectivity index (χ2v) is 8.92. The third-order valence-corrected chi connectivity index (χ3v) is 7.73. The smallest absolute Gasteiger partial charge is 0.264 e. The quantitative estimate of drug-likeness (QED) is 0.783. The van der Waals surface area contributed by atoms with E-state index < -0.39 is 0 Å². The summed E-state index contributed by atoms with van der Waals surface area (Å²) in [6.45, 7) is 8.26. The number of nitrogens with zero attached hydrogens (tertiary/aromatic N) is 3. The average molecular weight is 400 g/mol. The largest absolute Gasteiger partial charge is 0.369 e. The molecule has 0 saturated carbocycles. The topological polar surface area (TPSA) is 45.7 Å². The summed E-state index contributed by atoms with van der Waals surface area (Å²) in [5, 5.41) is 0. The predicted molar refractivity (Wildman–Crippen MR) is 112 cm³/mol. The lowest BCUT2D eigenvalue weighted by molar-refractivity contribution is -0.0944. The number of piperidine rings is 1. The van der Waals surface area contributed by atoms with Crippen molar-refractivity contribution in [1.29, 1.82) is 0 Å². The van der Waals surface area contributed by atoms with Gasteiger partial charge < -0.3 is 14.5 Å². The number of amides is 1. The molecule has 2 aliphatic heterocycles. The maximum absolute atomic E-state index is 13.2. The van der Waals surface area contributed by atoms with Gasteiger partial charge in [0.05, 0.1) is 17.5 Å². The number of hydrogen-bond acceptors (Lipinski definition) is 5. The molecule has 0 radical (unpaired) electrons. The molecule has 1 spiro atoms. The van der Waals surface area contributed by atoms with Crippen LogP contribution in [0.5, 0.6) is 0 Å². The molecule has 28 heavy (non-hydrogen) atoms. The Hall–Kier alpha value is -1.76. The lowest BCUT2D eigenvalue weighted by Gasteiger charge is -2.43. The molecule has 4 heterocycles. The molecule has 0 bridgehead atoms. The van der Waals surface area contributed by atoms with Crippen molar-refractivity contribution in [2.24, 2.45) is 0 Å². The molecule has 0 aromatic carbocycles. The van der Waals surface area contributed by atoms with E-state index in [2.05, 4.69) is 29.8 Å². The van der Waals surface area contributed by atoms with Crippen molar-refractivity contribution in [3.8, 4) is 0 Å². The Kier molecular flexibility index (Phi) is 5.54. The van der Waals surface area contributed by atoms with Crippen LogP contribution in [0.2, 0.25) is 0 Å². The Morgan fingerprint density at radius 1 is 1.36 bits per heavy atom. The molecule has 1 fully saturated rings. The highest BCUT2D eigenvalue weighted by Gasteiger charge is 2.42. The first-order chi connectivity index (χ1) is 13.5. The molecule has 1 unspecified atom stereocenters. The van der Waals surface area contributed by atoms with Crippen molar-refractivity contribution in [2.75, 3.05) is 33.3 Å². The standard InChI is InChI=1S/C22H29N3O2S/c1-4-25-12-8-22(9-13-25)20-18(7-14-27-22)15-19(28-20)21(26)24(3)16(2)17-5-10-23-11-6-17/h5-6,10-11,15-16H,4,7-9,12-14H2,1-3H3. The monoisotopic (exact) mass is 399 g/mol. The van der Waals surface area contributed by atoms with E-state index in [1.807, 2.05) is 24.1 Å². The van der Waals surface area contributed by atoms with Crippen molar-refractivity contribution in [1.82, 2.24) is 14.8 Å². The molecule has 5 nitrogen and oxygen atoms in total. The van der Waals surface area contributed by atoms with Crippen LogP contribution in [-0.4, -0.2) is 54.0 Å². The van der Waals surface area contributed by atoms with E-state index in [9.17, 15) is 4.79 Å². The van der Waals surface area contributed by atoms with Gasteiger partial charge in [-0.15, -0.1) is 11.3 Å². The third-order valence-electron chi connectivity index (χ3n) is 6.38. The summed E-state index contributed by atoms with van der Waals surface area (Å²) in [5.41, 5.74) is 2.23. The molecule has 1 atom stereocenters. The van der Waals surface area contributed by atoms with Gasteiger partial charge >= 0.3 is 0 Å².